The number of nitrogens with zero attached hydrogens (tertiary/aromatic N) is 1. The predicted molar refractivity (Wildman–Crippen MR) is 123 cm³/mol. The number of fused-ring (bicyclic) bond motifs is 1. The van der Waals surface area contributed by atoms with Crippen molar-refractivity contribution in [3.05, 3.63) is 87.1 Å². The van der Waals surface area contributed by atoms with Crippen molar-refractivity contribution in [2.24, 2.45) is 0 Å². The van der Waals surface area contributed by atoms with E-state index in [0.717, 1.165) is 23.3 Å². The molecule has 1 aromatic heterocycles. The van der Waals surface area contributed by atoms with Crippen molar-refractivity contribution in [3.8, 4) is 5.75 Å². The summed E-state index contributed by atoms with van der Waals surface area (Å²) < 4.78 is 5.48. The molecule has 0 saturated heterocycles. The van der Waals surface area contributed by atoms with E-state index in [1.54, 1.807) is 0 Å². The molecule has 31 heavy (non-hydrogen) atoms. The van der Waals surface area contributed by atoms with Crippen LogP contribution in [-0.4, -0.2) is 29.9 Å². The molecule has 3 aromatic rings. The van der Waals surface area contributed by atoms with Gasteiger partial charge in [0.25, 0.3) is 11.8 Å². The molecule has 0 bridgehead atoms. The van der Waals surface area contributed by atoms with Crippen LogP contribution in [0.3, 0.4) is 0 Å². The standard InChI is InChI=1S/C25H26N2O3S/c1-3-30-21-11-9-18(10-12-21)17(2)26-24(28)23-15-20-16-27(14-13-22(20)31-23)25(29)19-7-5-4-6-8-19/h4-12,15,17H,3,13-14,16H2,1-2H3,(H,26,28)/t17-/m1/s1. The molecule has 0 aliphatic carbocycles. The van der Waals surface area contributed by atoms with Crippen LogP contribution < -0.4 is 10.1 Å². The second-order valence-electron chi connectivity index (χ2n) is 7.60. The lowest BCUT2D eigenvalue weighted by Gasteiger charge is -2.27. The molecule has 0 radical (unpaired) electrons. The molecule has 0 saturated carbocycles. The molecule has 2 heterocycles. The second kappa shape index (κ2) is 9.35. The average Bonchev–Trinajstić information content (AvgIpc) is 3.23. The van der Waals surface area contributed by atoms with E-state index in [4.69, 9.17) is 4.74 Å². The van der Waals surface area contributed by atoms with Crippen LogP contribution in [0.5, 0.6) is 5.75 Å². The highest BCUT2D eigenvalue weighted by atomic mass is 32.1. The maximum Gasteiger partial charge on any atom is 0.261 e. The van der Waals surface area contributed by atoms with Crippen LogP contribution >= 0.6 is 11.3 Å². The summed E-state index contributed by atoms with van der Waals surface area (Å²) >= 11 is 1.53. The number of hydrogen-bond donors (Lipinski definition) is 1. The summed E-state index contributed by atoms with van der Waals surface area (Å²) in [6.07, 6.45) is 0.778. The van der Waals surface area contributed by atoms with E-state index in [1.165, 1.54) is 16.2 Å². The molecule has 1 N–H and O–H groups in total. The largest absolute Gasteiger partial charge is 0.494 e. The molecule has 0 fully saturated rings. The van der Waals surface area contributed by atoms with Gasteiger partial charge in [-0.15, -0.1) is 11.3 Å². The molecule has 1 aliphatic rings. The number of rotatable bonds is 6. The third-order valence-corrected chi connectivity index (χ3v) is 6.67. The van der Waals surface area contributed by atoms with E-state index >= 15 is 0 Å². The second-order valence-corrected chi connectivity index (χ2v) is 8.74. The Labute approximate surface area is 186 Å². The minimum absolute atomic E-state index is 0.0348. The summed E-state index contributed by atoms with van der Waals surface area (Å²) in [7, 11) is 0. The zero-order valence-electron chi connectivity index (χ0n) is 17.8. The lowest BCUT2D eigenvalue weighted by Crippen LogP contribution is -2.35. The first-order valence-corrected chi connectivity index (χ1v) is 11.4. The Morgan fingerprint density at radius 1 is 1.13 bits per heavy atom. The first kappa shape index (κ1) is 21.1. The van der Waals surface area contributed by atoms with Crippen LogP contribution in [0.15, 0.2) is 60.7 Å². The van der Waals surface area contributed by atoms with Crippen LogP contribution in [0, 0.1) is 0 Å². The topological polar surface area (TPSA) is 58.6 Å². The van der Waals surface area contributed by atoms with Gasteiger partial charge in [-0.25, -0.2) is 0 Å². The summed E-state index contributed by atoms with van der Waals surface area (Å²) in [5.74, 6) is 0.777. The van der Waals surface area contributed by atoms with Gasteiger partial charge in [0.1, 0.15) is 5.75 Å². The summed E-state index contributed by atoms with van der Waals surface area (Å²) in [4.78, 5) is 29.3. The van der Waals surface area contributed by atoms with Gasteiger partial charge in [-0.05, 0) is 61.7 Å². The number of carbonyl (C=O) groups is 2. The number of hydrogen-bond acceptors (Lipinski definition) is 4. The van der Waals surface area contributed by atoms with Gasteiger partial charge in [-0.3, -0.25) is 9.59 Å². The van der Waals surface area contributed by atoms with Gasteiger partial charge < -0.3 is 15.0 Å². The van der Waals surface area contributed by atoms with Gasteiger partial charge in [-0.2, -0.15) is 0 Å². The summed E-state index contributed by atoms with van der Waals surface area (Å²) in [6, 6.07) is 19.0. The third kappa shape index (κ3) is 4.80. The van der Waals surface area contributed by atoms with E-state index in [9.17, 15) is 9.59 Å². The summed E-state index contributed by atoms with van der Waals surface area (Å²) in [6.45, 7) is 5.77. The van der Waals surface area contributed by atoms with Crippen molar-refractivity contribution in [2.75, 3.05) is 13.2 Å². The monoisotopic (exact) mass is 434 g/mol. The lowest BCUT2D eigenvalue weighted by molar-refractivity contribution is 0.0736. The Morgan fingerprint density at radius 3 is 2.58 bits per heavy atom. The molecule has 2 amide bonds. The number of carbonyl (C=O) groups excluding carboxylic acids is 2. The molecule has 1 aliphatic heterocycles. The van der Waals surface area contributed by atoms with Gasteiger partial charge in [0.05, 0.1) is 17.5 Å². The SMILES string of the molecule is CCOc1ccc([C@@H](C)NC(=O)c2cc3c(s2)CCN(C(=O)c2ccccc2)C3)cc1. The first-order chi connectivity index (χ1) is 15.0. The molecule has 6 heteroatoms. The molecule has 2 aromatic carbocycles. The minimum Gasteiger partial charge on any atom is -0.494 e. The highest BCUT2D eigenvalue weighted by Gasteiger charge is 2.25. The fraction of sp³-hybridized carbons (Fsp3) is 0.280. The van der Waals surface area contributed by atoms with E-state index in [-0.39, 0.29) is 17.9 Å². The Morgan fingerprint density at radius 2 is 1.87 bits per heavy atom. The van der Waals surface area contributed by atoms with Crippen molar-refractivity contribution in [1.82, 2.24) is 10.2 Å². The van der Waals surface area contributed by atoms with Crippen molar-refractivity contribution in [1.29, 1.82) is 0 Å². The van der Waals surface area contributed by atoms with Crippen molar-refractivity contribution >= 4 is 23.2 Å². The quantitative estimate of drug-likeness (QED) is 0.604. The van der Waals surface area contributed by atoms with Crippen LogP contribution in [0.2, 0.25) is 0 Å². The molecule has 1 atom stereocenters. The Kier molecular flexibility index (Phi) is 6.37. The van der Waals surface area contributed by atoms with Gasteiger partial charge >= 0.3 is 0 Å². The smallest absolute Gasteiger partial charge is 0.261 e. The Hall–Kier alpha value is -3.12. The van der Waals surface area contributed by atoms with Crippen LogP contribution in [0.1, 0.15) is 55.9 Å². The van der Waals surface area contributed by atoms with E-state index in [2.05, 4.69) is 5.32 Å². The first-order valence-electron chi connectivity index (χ1n) is 10.5. The predicted octanol–water partition coefficient (Wildman–Crippen LogP) is 4.84. The molecule has 160 valence electrons. The molecule has 0 unspecified atom stereocenters. The normalized spacial score (nSPS) is 13.9. The van der Waals surface area contributed by atoms with E-state index in [1.807, 2.05) is 79.4 Å². The zero-order valence-corrected chi connectivity index (χ0v) is 18.6. The fourth-order valence-electron chi connectivity index (χ4n) is 3.75. The number of ether oxygens (including phenoxy) is 1. The Balaban J connectivity index is 1.41. The van der Waals surface area contributed by atoms with Gasteiger partial charge in [0.2, 0.25) is 0 Å². The maximum absolute atomic E-state index is 12.8. The maximum atomic E-state index is 12.8. The van der Waals surface area contributed by atoms with Crippen LogP contribution in [-0.2, 0) is 13.0 Å². The van der Waals surface area contributed by atoms with Gasteiger partial charge in [0, 0.05) is 23.5 Å². The van der Waals surface area contributed by atoms with Gasteiger partial charge in [0.15, 0.2) is 0 Å². The van der Waals surface area contributed by atoms with Gasteiger partial charge in [-0.1, -0.05) is 30.3 Å². The third-order valence-electron chi connectivity index (χ3n) is 5.44. The van der Waals surface area contributed by atoms with Crippen LogP contribution in [0.25, 0.3) is 0 Å². The number of benzene rings is 2. The van der Waals surface area contributed by atoms with Crippen LogP contribution in [0.4, 0.5) is 0 Å². The highest BCUT2D eigenvalue weighted by Crippen LogP contribution is 2.29. The molecule has 0 spiro atoms. The van der Waals surface area contributed by atoms with E-state index < -0.39 is 0 Å². The molecular formula is C25H26N2O3S. The minimum atomic E-state index is -0.113. The lowest BCUT2D eigenvalue weighted by atomic mass is 10.1. The number of thiophene rings is 1. The van der Waals surface area contributed by atoms with E-state index in [0.29, 0.717) is 30.1 Å². The van der Waals surface area contributed by atoms with Crippen molar-refractivity contribution in [2.45, 2.75) is 32.9 Å². The van der Waals surface area contributed by atoms with Crippen molar-refractivity contribution in [3.63, 3.8) is 0 Å². The molecule has 4 rings (SSSR count). The zero-order chi connectivity index (χ0) is 21.8. The number of amides is 2. The van der Waals surface area contributed by atoms with Crippen molar-refractivity contribution < 1.29 is 14.3 Å². The molecular weight excluding hydrogens is 408 g/mol. The summed E-state index contributed by atoms with van der Waals surface area (Å²) in [5.41, 5.74) is 2.79. The molecule has 5 nitrogen and oxygen atoms in total. The average molecular weight is 435 g/mol. The Bertz CT molecular complexity index is 1060. The summed E-state index contributed by atoms with van der Waals surface area (Å²) in [5, 5.41) is 3.08. The highest BCUT2D eigenvalue weighted by molar-refractivity contribution is 7.14. The fourth-order valence-corrected chi connectivity index (χ4v) is 4.82. The number of nitrogens with one attached hydrogen (secondary N) is 1.